The van der Waals surface area contributed by atoms with E-state index in [1.165, 1.54) is 0 Å². The predicted molar refractivity (Wildman–Crippen MR) is 111 cm³/mol. The van der Waals surface area contributed by atoms with Crippen LogP contribution in [0.2, 0.25) is 0 Å². The molecule has 156 valence electrons. The van der Waals surface area contributed by atoms with E-state index >= 15 is 8.78 Å². The monoisotopic (exact) mass is 420 g/mol. The van der Waals surface area contributed by atoms with Crippen LogP contribution in [0.25, 0.3) is 33.7 Å². The molecule has 1 aliphatic rings. The molecule has 1 unspecified atom stereocenters. The predicted octanol–water partition coefficient (Wildman–Crippen LogP) is 5.10. The fourth-order valence-corrected chi connectivity index (χ4v) is 4.17. The van der Waals surface area contributed by atoms with Crippen molar-refractivity contribution >= 4 is 17.1 Å². The molecule has 0 radical (unpaired) electrons. The zero-order valence-corrected chi connectivity index (χ0v) is 16.4. The van der Waals surface area contributed by atoms with Crippen molar-refractivity contribution in [2.45, 2.75) is 18.9 Å². The molecule has 0 fully saturated rings. The summed E-state index contributed by atoms with van der Waals surface area (Å²) in [6.45, 7) is -0.217. The molecule has 5 nitrogen and oxygen atoms in total. The summed E-state index contributed by atoms with van der Waals surface area (Å²) < 4.78 is 36.1. The third-order valence-electron chi connectivity index (χ3n) is 5.63. The van der Waals surface area contributed by atoms with Crippen LogP contribution in [0.5, 0.6) is 0 Å². The normalized spacial score (nSPS) is 15.4. The molecule has 3 aromatic carbocycles. The summed E-state index contributed by atoms with van der Waals surface area (Å²) in [4.78, 5) is 15.2. The average Bonchev–Trinajstić information content (AvgIpc) is 3.38. The number of fused-ring (bicyclic) bond motifs is 2. The number of carboxylic acids is 1. The maximum atomic E-state index is 15.3. The number of carbonyl (C=O) groups is 1. The lowest BCUT2D eigenvalue weighted by Gasteiger charge is -2.12. The highest BCUT2D eigenvalue weighted by atomic mass is 19.1. The number of halogens is 2. The van der Waals surface area contributed by atoms with E-state index in [2.05, 4.69) is 10.3 Å². The standard InChI is InChI=1S/C24H18F2N2O3/c25-21-14(13-5-2-1-3-6-13)7-4-8-16(21)24-28-19-11-17-15(22(26)23(19)31-24)9-10-18(17)27-12-20(29)30/h1-8,11,18,27H,9-10,12H2,(H,29,30). The van der Waals surface area contributed by atoms with Gasteiger partial charge in [0.05, 0.1) is 12.1 Å². The Morgan fingerprint density at radius 1 is 1.10 bits per heavy atom. The fraction of sp³-hybridized carbons (Fsp3) is 0.167. The number of aromatic nitrogens is 1. The van der Waals surface area contributed by atoms with Crippen molar-refractivity contribution in [2.24, 2.45) is 0 Å². The quantitative estimate of drug-likeness (QED) is 0.470. The molecule has 0 saturated carbocycles. The van der Waals surface area contributed by atoms with Crippen LogP contribution in [0.1, 0.15) is 23.6 Å². The minimum Gasteiger partial charge on any atom is -0.480 e. The van der Waals surface area contributed by atoms with Gasteiger partial charge < -0.3 is 14.8 Å². The van der Waals surface area contributed by atoms with E-state index in [1.54, 1.807) is 24.3 Å². The minimum absolute atomic E-state index is 0.00268. The number of benzene rings is 3. The van der Waals surface area contributed by atoms with Gasteiger partial charge in [0.15, 0.2) is 11.4 Å². The molecule has 2 N–H and O–H groups in total. The molecule has 0 saturated heterocycles. The van der Waals surface area contributed by atoms with Crippen LogP contribution in [-0.4, -0.2) is 22.6 Å². The van der Waals surface area contributed by atoms with Gasteiger partial charge in [-0.05, 0) is 41.7 Å². The molecule has 1 atom stereocenters. The SMILES string of the molecule is O=C(O)CNC1CCc2c1cc1nc(-c3cccc(-c4ccccc4)c3F)oc1c2F. The summed E-state index contributed by atoms with van der Waals surface area (Å²) in [6, 6.07) is 15.5. The lowest BCUT2D eigenvalue weighted by Crippen LogP contribution is -2.26. The molecular weight excluding hydrogens is 402 g/mol. The van der Waals surface area contributed by atoms with Gasteiger partial charge in [-0.2, -0.15) is 0 Å². The molecule has 1 heterocycles. The molecular formula is C24H18F2N2O3. The second kappa shape index (κ2) is 7.59. The van der Waals surface area contributed by atoms with Crippen LogP contribution in [0.15, 0.2) is 59.0 Å². The van der Waals surface area contributed by atoms with Crippen molar-refractivity contribution in [3.05, 3.63) is 77.4 Å². The molecule has 31 heavy (non-hydrogen) atoms. The van der Waals surface area contributed by atoms with Gasteiger partial charge in [0.1, 0.15) is 11.3 Å². The van der Waals surface area contributed by atoms with Gasteiger partial charge >= 0.3 is 5.97 Å². The Bertz CT molecular complexity index is 1300. The number of rotatable bonds is 5. The highest BCUT2D eigenvalue weighted by Crippen LogP contribution is 2.39. The van der Waals surface area contributed by atoms with E-state index in [0.717, 1.165) is 5.56 Å². The summed E-state index contributed by atoms with van der Waals surface area (Å²) in [5, 5.41) is 11.8. The third kappa shape index (κ3) is 3.37. The third-order valence-corrected chi connectivity index (χ3v) is 5.63. The summed E-state index contributed by atoms with van der Waals surface area (Å²) >= 11 is 0. The van der Waals surface area contributed by atoms with Crippen molar-refractivity contribution in [3.8, 4) is 22.6 Å². The largest absolute Gasteiger partial charge is 0.480 e. The van der Waals surface area contributed by atoms with Crippen molar-refractivity contribution in [3.63, 3.8) is 0 Å². The van der Waals surface area contributed by atoms with E-state index in [9.17, 15) is 4.79 Å². The summed E-state index contributed by atoms with van der Waals surface area (Å²) in [5.74, 6) is -1.99. The topological polar surface area (TPSA) is 75.4 Å². The van der Waals surface area contributed by atoms with E-state index in [-0.39, 0.29) is 35.1 Å². The zero-order chi connectivity index (χ0) is 21.5. The van der Waals surface area contributed by atoms with E-state index in [4.69, 9.17) is 9.52 Å². The minimum atomic E-state index is -0.979. The molecule has 4 aromatic rings. The first-order valence-corrected chi connectivity index (χ1v) is 9.94. The smallest absolute Gasteiger partial charge is 0.317 e. The highest BCUT2D eigenvalue weighted by molar-refractivity contribution is 5.81. The van der Waals surface area contributed by atoms with Crippen molar-refractivity contribution < 1.29 is 23.1 Å². The molecule has 1 aliphatic carbocycles. The van der Waals surface area contributed by atoms with Crippen LogP contribution in [0.3, 0.4) is 0 Å². The second-order valence-electron chi connectivity index (χ2n) is 7.52. The fourth-order valence-electron chi connectivity index (χ4n) is 4.17. The maximum Gasteiger partial charge on any atom is 0.317 e. The Kier molecular flexibility index (Phi) is 4.75. The molecule has 0 spiro atoms. The van der Waals surface area contributed by atoms with E-state index < -0.39 is 17.6 Å². The van der Waals surface area contributed by atoms with Crippen LogP contribution in [0.4, 0.5) is 8.78 Å². The van der Waals surface area contributed by atoms with Gasteiger partial charge in [-0.15, -0.1) is 0 Å². The van der Waals surface area contributed by atoms with Gasteiger partial charge in [-0.25, -0.2) is 13.8 Å². The Balaban J connectivity index is 1.58. The second-order valence-corrected chi connectivity index (χ2v) is 7.52. The lowest BCUT2D eigenvalue weighted by atomic mass is 10.0. The van der Waals surface area contributed by atoms with Crippen molar-refractivity contribution in [1.82, 2.24) is 10.3 Å². The average molecular weight is 420 g/mol. The molecule has 0 aliphatic heterocycles. The molecule has 5 rings (SSSR count). The van der Waals surface area contributed by atoms with Gasteiger partial charge in [0, 0.05) is 11.6 Å². The molecule has 7 heteroatoms. The van der Waals surface area contributed by atoms with Crippen LogP contribution < -0.4 is 5.32 Å². The number of carboxylic acid groups (broad SMARTS) is 1. The van der Waals surface area contributed by atoms with E-state index in [1.807, 2.05) is 30.3 Å². The number of nitrogens with zero attached hydrogens (tertiary/aromatic N) is 1. The first kappa shape index (κ1) is 19.4. The molecule has 0 amide bonds. The maximum absolute atomic E-state index is 15.3. The Morgan fingerprint density at radius 2 is 1.87 bits per heavy atom. The van der Waals surface area contributed by atoms with Gasteiger partial charge in [-0.1, -0.05) is 42.5 Å². The molecule has 0 bridgehead atoms. The Hall–Kier alpha value is -3.58. The summed E-state index contributed by atoms with van der Waals surface area (Å²) in [5.41, 5.74) is 2.69. The summed E-state index contributed by atoms with van der Waals surface area (Å²) in [7, 11) is 0. The number of hydrogen-bond donors (Lipinski definition) is 2. The van der Waals surface area contributed by atoms with Gasteiger partial charge in [0.2, 0.25) is 5.89 Å². The zero-order valence-electron chi connectivity index (χ0n) is 16.4. The first-order valence-electron chi connectivity index (χ1n) is 9.94. The van der Waals surface area contributed by atoms with Crippen molar-refractivity contribution in [2.75, 3.05) is 6.54 Å². The lowest BCUT2D eigenvalue weighted by molar-refractivity contribution is -0.136. The number of hydrogen-bond acceptors (Lipinski definition) is 4. The van der Waals surface area contributed by atoms with Gasteiger partial charge in [-0.3, -0.25) is 4.79 Å². The van der Waals surface area contributed by atoms with Crippen LogP contribution in [-0.2, 0) is 11.2 Å². The Labute approximate surface area is 176 Å². The number of aliphatic carboxylic acids is 1. The van der Waals surface area contributed by atoms with Crippen molar-refractivity contribution in [1.29, 1.82) is 0 Å². The summed E-state index contributed by atoms with van der Waals surface area (Å²) in [6.07, 6.45) is 1.05. The van der Waals surface area contributed by atoms with E-state index in [0.29, 0.717) is 29.5 Å². The van der Waals surface area contributed by atoms with Gasteiger partial charge in [0.25, 0.3) is 0 Å². The Morgan fingerprint density at radius 3 is 2.65 bits per heavy atom. The number of nitrogens with one attached hydrogen (secondary N) is 1. The molecule has 1 aromatic heterocycles. The first-order chi connectivity index (χ1) is 15.0. The highest BCUT2D eigenvalue weighted by Gasteiger charge is 2.29. The van der Waals surface area contributed by atoms with Crippen LogP contribution in [0, 0.1) is 11.6 Å². The number of oxazole rings is 1. The van der Waals surface area contributed by atoms with Crippen LogP contribution >= 0.6 is 0 Å².